The molecular weight excluding hydrogens is 212 g/mol. The highest BCUT2D eigenvalue weighted by Crippen LogP contribution is 2.17. The summed E-state index contributed by atoms with van der Waals surface area (Å²) in [4.78, 5) is 12.1. The molecule has 0 spiro atoms. The zero-order valence-corrected chi connectivity index (χ0v) is 11.4. The van der Waals surface area contributed by atoms with Gasteiger partial charge in [0.25, 0.3) is 0 Å². The van der Waals surface area contributed by atoms with E-state index in [1.165, 1.54) is 32.1 Å². The first kappa shape index (κ1) is 14.5. The van der Waals surface area contributed by atoms with Crippen LogP contribution in [0.5, 0.6) is 0 Å². The molecule has 1 atom stereocenters. The number of hydrogen-bond donors (Lipinski definition) is 2. The summed E-state index contributed by atoms with van der Waals surface area (Å²) in [6.07, 6.45) is 8.17. The SMILES string of the molecule is CCCCCC(CCCC)C(=O)NC1CNC1. The Hall–Kier alpha value is -0.570. The van der Waals surface area contributed by atoms with Crippen molar-refractivity contribution in [2.45, 2.75) is 64.8 Å². The molecule has 1 aliphatic heterocycles. The Morgan fingerprint density at radius 1 is 1.18 bits per heavy atom. The van der Waals surface area contributed by atoms with Crippen LogP contribution in [0.4, 0.5) is 0 Å². The van der Waals surface area contributed by atoms with Crippen molar-refractivity contribution >= 4 is 5.91 Å². The Kier molecular flexibility index (Phi) is 7.25. The van der Waals surface area contributed by atoms with E-state index in [0.29, 0.717) is 11.9 Å². The summed E-state index contributed by atoms with van der Waals surface area (Å²) in [6, 6.07) is 0.387. The third-order valence-electron chi connectivity index (χ3n) is 3.56. The van der Waals surface area contributed by atoms with Crippen LogP contribution in [0.15, 0.2) is 0 Å². The van der Waals surface area contributed by atoms with Crippen molar-refractivity contribution in [1.82, 2.24) is 10.6 Å². The first-order valence-electron chi connectivity index (χ1n) is 7.29. The summed E-state index contributed by atoms with van der Waals surface area (Å²) in [5, 5.41) is 6.34. The van der Waals surface area contributed by atoms with Crippen molar-refractivity contribution < 1.29 is 4.79 Å². The van der Waals surface area contributed by atoms with Crippen LogP contribution in [-0.4, -0.2) is 25.0 Å². The second kappa shape index (κ2) is 8.51. The number of amides is 1. The molecule has 0 saturated carbocycles. The fourth-order valence-corrected chi connectivity index (χ4v) is 2.21. The van der Waals surface area contributed by atoms with Crippen molar-refractivity contribution in [3.8, 4) is 0 Å². The highest BCUT2D eigenvalue weighted by Gasteiger charge is 2.23. The van der Waals surface area contributed by atoms with Crippen molar-refractivity contribution in [3.63, 3.8) is 0 Å². The predicted molar refractivity (Wildman–Crippen MR) is 72.0 cm³/mol. The van der Waals surface area contributed by atoms with E-state index in [2.05, 4.69) is 24.5 Å². The fourth-order valence-electron chi connectivity index (χ4n) is 2.21. The molecule has 3 heteroatoms. The Balaban J connectivity index is 2.27. The Labute approximate surface area is 106 Å². The van der Waals surface area contributed by atoms with E-state index in [-0.39, 0.29) is 5.92 Å². The van der Waals surface area contributed by atoms with E-state index in [9.17, 15) is 4.79 Å². The molecule has 1 aliphatic rings. The molecule has 2 N–H and O–H groups in total. The van der Waals surface area contributed by atoms with E-state index in [4.69, 9.17) is 0 Å². The average Bonchev–Trinajstić information content (AvgIpc) is 2.28. The molecule has 1 saturated heterocycles. The number of hydrogen-bond acceptors (Lipinski definition) is 2. The lowest BCUT2D eigenvalue weighted by Gasteiger charge is -2.30. The van der Waals surface area contributed by atoms with Crippen LogP contribution in [0.2, 0.25) is 0 Å². The van der Waals surface area contributed by atoms with Crippen molar-refractivity contribution in [3.05, 3.63) is 0 Å². The monoisotopic (exact) mass is 240 g/mol. The van der Waals surface area contributed by atoms with Gasteiger partial charge in [0.05, 0.1) is 6.04 Å². The third kappa shape index (κ3) is 5.53. The van der Waals surface area contributed by atoms with Gasteiger partial charge in [-0.15, -0.1) is 0 Å². The lowest BCUT2D eigenvalue weighted by atomic mass is 9.94. The molecule has 1 amide bonds. The lowest BCUT2D eigenvalue weighted by molar-refractivity contribution is -0.126. The van der Waals surface area contributed by atoms with Gasteiger partial charge >= 0.3 is 0 Å². The molecule has 1 fully saturated rings. The Morgan fingerprint density at radius 2 is 1.82 bits per heavy atom. The summed E-state index contributed by atoms with van der Waals surface area (Å²) < 4.78 is 0. The van der Waals surface area contributed by atoms with Crippen LogP contribution >= 0.6 is 0 Å². The minimum Gasteiger partial charge on any atom is -0.351 e. The lowest BCUT2D eigenvalue weighted by Crippen LogP contribution is -2.57. The van der Waals surface area contributed by atoms with Gasteiger partial charge in [0.1, 0.15) is 0 Å². The first-order chi connectivity index (χ1) is 8.27. The van der Waals surface area contributed by atoms with Crippen molar-refractivity contribution in [2.24, 2.45) is 5.92 Å². The molecule has 17 heavy (non-hydrogen) atoms. The topological polar surface area (TPSA) is 41.1 Å². The number of carbonyl (C=O) groups excluding carboxylic acids is 1. The molecule has 0 radical (unpaired) electrons. The summed E-state index contributed by atoms with van der Waals surface area (Å²) in [7, 11) is 0. The number of unbranched alkanes of at least 4 members (excludes halogenated alkanes) is 3. The van der Waals surface area contributed by atoms with Crippen LogP contribution < -0.4 is 10.6 Å². The quantitative estimate of drug-likeness (QED) is 0.608. The number of carbonyl (C=O) groups is 1. The minimum absolute atomic E-state index is 0.252. The Morgan fingerprint density at radius 3 is 2.35 bits per heavy atom. The highest BCUT2D eigenvalue weighted by molar-refractivity contribution is 5.79. The van der Waals surface area contributed by atoms with E-state index in [1.807, 2.05) is 0 Å². The van der Waals surface area contributed by atoms with Gasteiger partial charge in [-0.25, -0.2) is 0 Å². The molecule has 1 rings (SSSR count). The first-order valence-corrected chi connectivity index (χ1v) is 7.29. The summed E-state index contributed by atoms with van der Waals surface area (Å²) in [6.45, 7) is 6.29. The van der Waals surface area contributed by atoms with Crippen molar-refractivity contribution in [1.29, 1.82) is 0 Å². The van der Waals surface area contributed by atoms with Crippen LogP contribution in [0.25, 0.3) is 0 Å². The third-order valence-corrected chi connectivity index (χ3v) is 3.56. The van der Waals surface area contributed by atoms with Gasteiger partial charge in [0, 0.05) is 19.0 Å². The number of nitrogens with one attached hydrogen (secondary N) is 2. The summed E-state index contributed by atoms with van der Waals surface area (Å²) in [5.74, 6) is 0.545. The van der Waals surface area contributed by atoms with E-state index in [0.717, 1.165) is 25.9 Å². The standard InChI is InChI=1S/C14H28N2O/c1-3-5-7-9-12(8-6-4-2)14(17)16-13-10-15-11-13/h12-13,15H,3-11H2,1-2H3,(H,16,17). The normalized spacial score (nSPS) is 17.5. The second-order valence-electron chi connectivity index (χ2n) is 5.20. The summed E-state index contributed by atoms with van der Waals surface area (Å²) in [5.41, 5.74) is 0. The van der Waals surface area contributed by atoms with Gasteiger partial charge in [-0.1, -0.05) is 46.0 Å². The summed E-state index contributed by atoms with van der Waals surface area (Å²) >= 11 is 0. The second-order valence-corrected chi connectivity index (χ2v) is 5.20. The maximum atomic E-state index is 12.1. The maximum absolute atomic E-state index is 12.1. The fraction of sp³-hybridized carbons (Fsp3) is 0.929. The van der Waals surface area contributed by atoms with Gasteiger partial charge in [-0.05, 0) is 12.8 Å². The molecule has 0 aromatic rings. The predicted octanol–water partition coefficient (Wildman–Crippen LogP) is 2.46. The Bertz CT molecular complexity index is 214. The van der Waals surface area contributed by atoms with Crippen LogP contribution in [0.1, 0.15) is 58.8 Å². The average molecular weight is 240 g/mol. The molecular formula is C14H28N2O. The molecule has 0 bridgehead atoms. The molecule has 100 valence electrons. The maximum Gasteiger partial charge on any atom is 0.223 e. The number of rotatable bonds is 9. The highest BCUT2D eigenvalue weighted by atomic mass is 16.2. The molecule has 1 heterocycles. The molecule has 0 aromatic heterocycles. The largest absolute Gasteiger partial charge is 0.351 e. The van der Waals surface area contributed by atoms with E-state index in [1.54, 1.807) is 0 Å². The van der Waals surface area contributed by atoms with Crippen molar-refractivity contribution in [2.75, 3.05) is 13.1 Å². The zero-order valence-electron chi connectivity index (χ0n) is 11.4. The minimum atomic E-state index is 0.252. The van der Waals surface area contributed by atoms with Crippen LogP contribution in [0.3, 0.4) is 0 Å². The van der Waals surface area contributed by atoms with Gasteiger partial charge in [0.2, 0.25) is 5.91 Å². The smallest absolute Gasteiger partial charge is 0.223 e. The van der Waals surface area contributed by atoms with Gasteiger partial charge < -0.3 is 10.6 Å². The van der Waals surface area contributed by atoms with Gasteiger partial charge in [-0.2, -0.15) is 0 Å². The molecule has 1 unspecified atom stereocenters. The molecule has 0 aromatic carbocycles. The van der Waals surface area contributed by atoms with E-state index < -0.39 is 0 Å². The van der Waals surface area contributed by atoms with Gasteiger partial charge in [-0.3, -0.25) is 4.79 Å². The van der Waals surface area contributed by atoms with E-state index >= 15 is 0 Å². The van der Waals surface area contributed by atoms with Crippen LogP contribution in [-0.2, 0) is 4.79 Å². The molecule has 3 nitrogen and oxygen atoms in total. The molecule has 0 aliphatic carbocycles. The van der Waals surface area contributed by atoms with Crippen LogP contribution in [0, 0.1) is 5.92 Å². The zero-order chi connectivity index (χ0) is 12.5. The van der Waals surface area contributed by atoms with Gasteiger partial charge in [0.15, 0.2) is 0 Å².